The zero-order chi connectivity index (χ0) is 17.8. The molecule has 4 nitrogen and oxygen atoms in total. The summed E-state index contributed by atoms with van der Waals surface area (Å²) in [4.78, 5) is 16.7. The van der Waals surface area contributed by atoms with Gasteiger partial charge in [-0.25, -0.2) is 4.98 Å². The van der Waals surface area contributed by atoms with Crippen molar-refractivity contribution in [3.05, 3.63) is 83.0 Å². The number of carbonyl (C=O) groups is 1. The van der Waals surface area contributed by atoms with Crippen LogP contribution in [0.25, 0.3) is 0 Å². The molecule has 0 atom stereocenters. The first-order valence-electron chi connectivity index (χ1n) is 8.20. The van der Waals surface area contributed by atoms with Crippen LogP contribution in [-0.4, -0.2) is 10.9 Å². The summed E-state index contributed by atoms with van der Waals surface area (Å²) in [7, 11) is 0. The van der Waals surface area contributed by atoms with E-state index in [4.69, 9.17) is 0 Å². The Balaban J connectivity index is 1.69. The van der Waals surface area contributed by atoms with E-state index in [1.165, 1.54) is 11.1 Å². The second-order valence-electron chi connectivity index (χ2n) is 6.13. The van der Waals surface area contributed by atoms with Crippen LogP contribution in [0.5, 0.6) is 0 Å². The molecule has 3 aromatic rings. The highest BCUT2D eigenvalue weighted by Gasteiger charge is 2.08. The van der Waals surface area contributed by atoms with Crippen molar-refractivity contribution >= 4 is 23.1 Å². The molecule has 126 valence electrons. The molecule has 0 aliphatic heterocycles. The molecule has 25 heavy (non-hydrogen) atoms. The van der Waals surface area contributed by atoms with Crippen LogP contribution in [-0.2, 0) is 0 Å². The lowest BCUT2D eigenvalue weighted by atomic mass is 10.1. The molecule has 2 aromatic carbocycles. The molecule has 1 aromatic heterocycles. The van der Waals surface area contributed by atoms with Crippen LogP contribution in [0.3, 0.4) is 0 Å². The lowest BCUT2D eigenvalue weighted by Gasteiger charge is -2.10. The number of rotatable bonds is 4. The number of hydrogen-bond acceptors (Lipinski definition) is 3. The van der Waals surface area contributed by atoms with E-state index < -0.39 is 0 Å². The van der Waals surface area contributed by atoms with Crippen molar-refractivity contribution in [2.45, 2.75) is 20.8 Å². The first kappa shape index (κ1) is 16.7. The molecule has 0 aliphatic carbocycles. The van der Waals surface area contributed by atoms with Gasteiger partial charge in [-0.1, -0.05) is 24.3 Å². The number of carbonyl (C=O) groups excluding carboxylic acids is 1. The number of aryl methyl sites for hydroxylation is 3. The second-order valence-corrected chi connectivity index (χ2v) is 6.13. The minimum Gasteiger partial charge on any atom is -0.340 e. The van der Waals surface area contributed by atoms with Crippen molar-refractivity contribution in [1.29, 1.82) is 0 Å². The van der Waals surface area contributed by atoms with E-state index >= 15 is 0 Å². The molecule has 1 amide bonds. The minimum absolute atomic E-state index is 0.130. The fraction of sp³-hybridized carbons (Fsp3) is 0.143. The van der Waals surface area contributed by atoms with Gasteiger partial charge in [0.05, 0.1) is 11.9 Å². The zero-order valence-electron chi connectivity index (χ0n) is 14.6. The monoisotopic (exact) mass is 331 g/mol. The predicted molar refractivity (Wildman–Crippen MR) is 103 cm³/mol. The molecule has 0 bridgehead atoms. The maximum Gasteiger partial charge on any atom is 0.255 e. The molecule has 0 spiro atoms. The van der Waals surface area contributed by atoms with Crippen molar-refractivity contribution in [2.24, 2.45) is 0 Å². The minimum atomic E-state index is -0.130. The first-order valence-corrected chi connectivity index (χ1v) is 8.20. The largest absolute Gasteiger partial charge is 0.340 e. The molecule has 4 heteroatoms. The van der Waals surface area contributed by atoms with Crippen molar-refractivity contribution in [1.82, 2.24) is 4.98 Å². The number of pyridine rings is 1. The summed E-state index contributed by atoms with van der Waals surface area (Å²) in [5.74, 6) is 0.604. The van der Waals surface area contributed by atoms with Crippen LogP contribution in [0.1, 0.15) is 27.0 Å². The Morgan fingerprint density at radius 2 is 1.60 bits per heavy atom. The molecule has 3 rings (SSSR count). The molecule has 2 N–H and O–H groups in total. The van der Waals surface area contributed by atoms with Crippen LogP contribution in [0.15, 0.2) is 60.8 Å². The van der Waals surface area contributed by atoms with Gasteiger partial charge in [-0.05, 0) is 67.8 Å². The number of hydrogen-bond donors (Lipinski definition) is 2. The van der Waals surface area contributed by atoms with E-state index in [9.17, 15) is 4.79 Å². The molecule has 0 radical (unpaired) electrons. The van der Waals surface area contributed by atoms with Crippen LogP contribution in [0, 0.1) is 20.8 Å². The third-order valence-electron chi connectivity index (χ3n) is 4.19. The van der Waals surface area contributed by atoms with Crippen LogP contribution < -0.4 is 10.6 Å². The van der Waals surface area contributed by atoms with Crippen molar-refractivity contribution in [3.8, 4) is 0 Å². The smallest absolute Gasteiger partial charge is 0.255 e. The van der Waals surface area contributed by atoms with E-state index in [-0.39, 0.29) is 5.91 Å². The number of aromatic nitrogens is 1. The van der Waals surface area contributed by atoms with Gasteiger partial charge in [-0.3, -0.25) is 4.79 Å². The Hall–Kier alpha value is -3.14. The molecule has 1 heterocycles. The zero-order valence-corrected chi connectivity index (χ0v) is 14.6. The van der Waals surface area contributed by atoms with Gasteiger partial charge in [0.25, 0.3) is 5.91 Å². The Kier molecular flexibility index (Phi) is 4.80. The van der Waals surface area contributed by atoms with Gasteiger partial charge in [0, 0.05) is 11.3 Å². The number of nitrogens with one attached hydrogen (secondary N) is 2. The van der Waals surface area contributed by atoms with Crippen molar-refractivity contribution in [2.75, 3.05) is 10.6 Å². The molecule has 0 unspecified atom stereocenters. The summed E-state index contributed by atoms with van der Waals surface area (Å²) in [5.41, 5.74) is 5.76. The van der Waals surface area contributed by atoms with Gasteiger partial charge in [0.2, 0.25) is 0 Å². The molecule has 0 saturated carbocycles. The van der Waals surface area contributed by atoms with E-state index in [1.807, 2.05) is 49.4 Å². The predicted octanol–water partition coefficient (Wildman–Crippen LogP) is 5.00. The van der Waals surface area contributed by atoms with Gasteiger partial charge >= 0.3 is 0 Å². The molecule has 0 fully saturated rings. The Bertz CT molecular complexity index is 901. The average molecular weight is 331 g/mol. The van der Waals surface area contributed by atoms with Gasteiger partial charge < -0.3 is 10.6 Å². The highest BCUT2D eigenvalue weighted by molar-refractivity contribution is 6.05. The molecule has 0 saturated heterocycles. The lowest BCUT2D eigenvalue weighted by molar-refractivity contribution is 0.102. The summed E-state index contributed by atoms with van der Waals surface area (Å²) in [6.45, 7) is 6.09. The van der Waals surface area contributed by atoms with Crippen LogP contribution in [0.2, 0.25) is 0 Å². The topological polar surface area (TPSA) is 54.0 Å². The van der Waals surface area contributed by atoms with Crippen molar-refractivity contribution in [3.63, 3.8) is 0 Å². The summed E-state index contributed by atoms with van der Waals surface area (Å²) < 4.78 is 0. The van der Waals surface area contributed by atoms with E-state index in [1.54, 1.807) is 6.20 Å². The van der Waals surface area contributed by atoms with E-state index in [0.29, 0.717) is 11.3 Å². The number of benzene rings is 2. The second kappa shape index (κ2) is 7.18. The van der Waals surface area contributed by atoms with Gasteiger partial charge in [-0.15, -0.1) is 0 Å². The number of anilines is 3. The van der Waals surface area contributed by atoms with E-state index in [0.717, 1.165) is 17.1 Å². The third-order valence-corrected chi connectivity index (χ3v) is 4.19. The molecular weight excluding hydrogens is 310 g/mol. The van der Waals surface area contributed by atoms with Crippen LogP contribution in [0.4, 0.5) is 17.2 Å². The highest BCUT2D eigenvalue weighted by Crippen LogP contribution is 2.19. The third kappa shape index (κ3) is 4.04. The SMILES string of the molecule is Cc1ccc(Nc2ccc(NC(=O)c3ccccc3C)cn2)cc1C. The molecule has 0 aliphatic rings. The summed E-state index contributed by atoms with van der Waals surface area (Å²) in [6, 6.07) is 17.4. The van der Waals surface area contributed by atoms with Crippen molar-refractivity contribution < 1.29 is 4.79 Å². The van der Waals surface area contributed by atoms with Gasteiger partial charge in [0.15, 0.2) is 0 Å². The lowest BCUT2D eigenvalue weighted by Crippen LogP contribution is -2.13. The Labute approximate surface area is 147 Å². The quantitative estimate of drug-likeness (QED) is 0.707. The maximum atomic E-state index is 12.3. The van der Waals surface area contributed by atoms with Crippen LogP contribution >= 0.6 is 0 Å². The first-order chi connectivity index (χ1) is 12.0. The maximum absolute atomic E-state index is 12.3. The number of nitrogens with zero attached hydrogens (tertiary/aromatic N) is 1. The summed E-state index contributed by atoms with van der Waals surface area (Å²) in [5, 5.41) is 6.15. The highest BCUT2D eigenvalue weighted by atomic mass is 16.1. The fourth-order valence-corrected chi connectivity index (χ4v) is 2.53. The van der Waals surface area contributed by atoms with Gasteiger partial charge in [-0.2, -0.15) is 0 Å². The fourth-order valence-electron chi connectivity index (χ4n) is 2.53. The summed E-state index contributed by atoms with van der Waals surface area (Å²) in [6.07, 6.45) is 1.65. The van der Waals surface area contributed by atoms with E-state index in [2.05, 4.69) is 41.6 Å². The Morgan fingerprint density at radius 1 is 0.840 bits per heavy atom. The summed E-state index contributed by atoms with van der Waals surface area (Å²) >= 11 is 0. The van der Waals surface area contributed by atoms with Gasteiger partial charge in [0.1, 0.15) is 5.82 Å². The number of amides is 1. The average Bonchev–Trinajstić information content (AvgIpc) is 2.60. The molecular formula is C21H21N3O. The standard InChI is InChI=1S/C21H21N3O/c1-14-8-9-17(12-16(14)3)23-20-11-10-18(13-22-20)24-21(25)19-7-5-4-6-15(19)2/h4-13H,1-3H3,(H,22,23)(H,24,25). The normalized spacial score (nSPS) is 10.4. The Morgan fingerprint density at radius 3 is 2.28 bits per heavy atom.